The number of carbonyl (C=O) groups excluding carboxylic acids is 2. The quantitative estimate of drug-likeness (QED) is 0.339. The van der Waals surface area contributed by atoms with Crippen molar-refractivity contribution in [3.63, 3.8) is 0 Å². The van der Waals surface area contributed by atoms with Crippen LogP contribution < -0.4 is 10.2 Å². The molecule has 2 aromatic rings. The number of benzene rings is 1. The Hall–Kier alpha value is -3.11. The van der Waals surface area contributed by atoms with E-state index in [0.717, 1.165) is 60.5 Å². The summed E-state index contributed by atoms with van der Waals surface area (Å²) in [4.78, 5) is 28.8. The second kappa shape index (κ2) is 11.0. The van der Waals surface area contributed by atoms with Gasteiger partial charge in [-0.1, -0.05) is 12.1 Å². The maximum absolute atomic E-state index is 12.9. The summed E-state index contributed by atoms with van der Waals surface area (Å²) in [5.74, 6) is -0.943. The summed E-state index contributed by atoms with van der Waals surface area (Å²) >= 11 is 1.41. The van der Waals surface area contributed by atoms with Gasteiger partial charge < -0.3 is 15.0 Å². The SMILES string of the molecule is CCOC(=O)c1c(NC(=O)C(C#N)=Cc2ccc(N(CC)CC)cc2)sc2c1CCCC2. The maximum atomic E-state index is 12.9. The monoisotopic (exact) mass is 451 g/mol. The Morgan fingerprint density at radius 3 is 2.47 bits per heavy atom. The van der Waals surface area contributed by atoms with Gasteiger partial charge in [-0.15, -0.1) is 11.3 Å². The summed E-state index contributed by atoms with van der Waals surface area (Å²) < 4.78 is 5.24. The largest absolute Gasteiger partial charge is 0.462 e. The lowest BCUT2D eigenvalue weighted by Crippen LogP contribution is -2.21. The van der Waals surface area contributed by atoms with Crippen LogP contribution in [0.4, 0.5) is 10.7 Å². The fourth-order valence-corrected chi connectivity index (χ4v) is 5.20. The predicted octanol–water partition coefficient (Wildman–Crippen LogP) is 5.20. The first-order chi connectivity index (χ1) is 15.5. The van der Waals surface area contributed by atoms with Crippen LogP contribution in [0.1, 0.15) is 60.0 Å². The molecule has 1 N–H and O–H groups in total. The van der Waals surface area contributed by atoms with Crippen molar-refractivity contribution in [1.82, 2.24) is 0 Å². The molecule has 0 atom stereocenters. The molecule has 32 heavy (non-hydrogen) atoms. The van der Waals surface area contributed by atoms with Gasteiger partial charge in [0.15, 0.2) is 0 Å². The van der Waals surface area contributed by atoms with Crippen molar-refractivity contribution in [2.45, 2.75) is 46.5 Å². The standard InChI is InChI=1S/C25H29N3O3S/c1-4-28(5-2)19-13-11-17(12-14-19)15-18(16-26)23(29)27-24-22(25(30)31-6-3)20-9-7-8-10-21(20)32-24/h11-15H,4-10H2,1-3H3,(H,27,29). The van der Waals surface area contributed by atoms with Crippen molar-refractivity contribution in [3.05, 3.63) is 51.4 Å². The van der Waals surface area contributed by atoms with Crippen molar-refractivity contribution in [2.75, 3.05) is 29.9 Å². The van der Waals surface area contributed by atoms with Gasteiger partial charge in [0.05, 0.1) is 12.2 Å². The lowest BCUT2D eigenvalue weighted by molar-refractivity contribution is -0.112. The van der Waals surface area contributed by atoms with Crippen molar-refractivity contribution < 1.29 is 14.3 Å². The van der Waals surface area contributed by atoms with Crippen LogP contribution in [-0.4, -0.2) is 31.6 Å². The minimum Gasteiger partial charge on any atom is -0.462 e. The Labute approximate surface area is 193 Å². The minimum atomic E-state index is -0.524. The third kappa shape index (κ3) is 5.20. The molecule has 0 fully saturated rings. The molecule has 0 bridgehead atoms. The first-order valence-corrected chi connectivity index (χ1v) is 11.9. The van der Waals surface area contributed by atoms with E-state index in [0.29, 0.717) is 10.6 Å². The van der Waals surface area contributed by atoms with Crippen LogP contribution in [0.2, 0.25) is 0 Å². The molecule has 7 heteroatoms. The number of amides is 1. The smallest absolute Gasteiger partial charge is 0.341 e. The molecule has 3 rings (SSSR count). The number of nitrogens with zero attached hydrogens (tertiary/aromatic N) is 2. The van der Waals surface area contributed by atoms with E-state index in [1.54, 1.807) is 13.0 Å². The van der Waals surface area contributed by atoms with E-state index >= 15 is 0 Å². The number of fused-ring (bicyclic) bond motifs is 1. The number of nitriles is 1. The van der Waals surface area contributed by atoms with Gasteiger partial charge in [0.25, 0.3) is 5.91 Å². The molecule has 0 unspecified atom stereocenters. The van der Waals surface area contributed by atoms with Gasteiger partial charge >= 0.3 is 5.97 Å². The van der Waals surface area contributed by atoms with Gasteiger partial charge in [0.1, 0.15) is 16.6 Å². The van der Waals surface area contributed by atoms with E-state index in [1.165, 1.54) is 11.3 Å². The van der Waals surface area contributed by atoms with E-state index in [4.69, 9.17) is 4.74 Å². The molecular weight excluding hydrogens is 422 g/mol. The van der Waals surface area contributed by atoms with Gasteiger partial charge in [-0.05, 0) is 75.8 Å². The van der Waals surface area contributed by atoms with E-state index in [2.05, 4.69) is 24.1 Å². The summed E-state index contributed by atoms with van der Waals surface area (Å²) in [5, 5.41) is 12.9. The molecule has 0 aliphatic heterocycles. The van der Waals surface area contributed by atoms with E-state index in [1.807, 2.05) is 30.3 Å². The molecular formula is C25H29N3O3S. The van der Waals surface area contributed by atoms with Crippen LogP contribution in [0, 0.1) is 11.3 Å². The van der Waals surface area contributed by atoms with E-state index < -0.39 is 11.9 Å². The second-order valence-electron chi connectivity index (χ2n) is 7.52. The second-order valence-corrected chi connectivity index (χ2v) is 8.63. The minimum absolute atomic E-state index is 0.0123. The highest BCUT2D eigenvalue weighted by atomic mass is 32.1. The summed E-state index contributed by atoms with van der Waals surface area (Å²) in [5.41, 5.74) is 3.27. The third-order valence-corrected chi connectivity index (χ3v) is 6.78. The molecule has 0 spiro atoms. The molecule has 1 aromatic heterocycles. The van der Waals surface area contributed by atoms with Crippen molar-refractivity contribution in [3.8, 4) is 6.07 Å². The van der Waals surface area contributed by atoms with Crippen LogP contribution in [0.5, 0.6) is 0 Å². The van der Waals surface area contributed by atoms with Crippen molar-refractivity contribution >= 4 is 40.0 Å². The predicted molar refractivity (Wildman–Crippen MR) is 129 cm³/mol. The molecule has 1 amide bonds. The van der Waals surface area contributed by atoms with Gasteiger partial charge in [0, 0.05) is 23.7 Å². The number of aryl methyl sites for hydroxylation is 1. The molecule has 6 nitrogen and oxygen atoms in total. The fourth-order valence-electron chi connectivity index (χ4n) is 3.93. The first-order valence-electron chi connectivity index (χ1n) is 11.1. The molecule has 1 aliphatic rings. The summed E-state index contributed by atoms with van der Waals surface area (Å²) in [7, 11) is 0. The Kier molecular flexibility index (Phi) is 8.07. The normalized spacial score (nSPS) is 13.1. The Bertz CT molecular complexity index is 1040. The molecule has 0 radical (unpaired) electrons. The molecule has 0 saturated heterocycles. The lowest BCUT2D eigenvalue weighted by atomic mass is 9.95. The fraction of sp³-hybridized carbons (Fsp3) is 0.400. The van der Waals surface area contributed by atoms with Crippen LogP contribution >= 0.6 is 11.3 Å². The van der Waals surface area contributed by atoms with Gasteiger partial charge in [-0.25, -0.2) is 4.79 Å². The van der Waals surface area contributed by atoms with E-state index in [9.17, 15) is 14.9 Å². The zero-order chi connectivity index (χ0) is 23.1. The van der Waals surface area contributed by atoms with Crippen molar-refractivity contribution in [1.29, 1.82) is 5.26 Å². The third-order valence-electron chi connectivity index (χ3n) is 5.58. The summed E-state index contributed by atoms with van der Waals surface area (Å²) in [6.07, 6.45) is 5.34. The summed E-state index contributed by atoms with van der Waals surface area (Å²) in [6, 6.07) is 9.75. The van der Waals surface area contributed by atoms with Crippen molar-refractivity contribution in [2.24, 2.45) is 0 Å². The number of rotatable bonds is 8. The number of anilines is 2. The van der Waals surface area contributed by atoms with Crippen LogP contribution in [0.25, 0.3) is 6.08 Å². The molecule has 1 aliphatic carbocycles. The molecule has 168 valence electrons. The van der Waals surface area contributed by atoms with Crippen LogP contribution in [-0.2, 0) is 22.4 Å². The number of carbonyl (C=O) groups is 2. The highest BCUT2D eigenvalue weighted by Crippen LogP contribution is 2.38. The highest BCUT2D eigenvalue weighted by Gasteiger charge is 2.27. The van der Waals surface area contributed by atoms with Gasteiger partial charge in [-0.3, -0.25) is 4.79 Å². The Morgan fingerprint density at radius 2 is 1.84 bits per heavy atom. The molecule has 1 heterocycles. The van der Waals surface area contributed by atoms with Crippen LogP contribution in [0.15, 0.2) is 29.8 Å². The average molecular weight is 452 g/mol. The molecule has 0 saturated carbocycles. The average Bonchev–Trinajstić information content (AvgIpc) is 3.17. The topological polar surface area (TPSA) is 82.4 Å². The highest BCUT2D eigenvalue weighted by molar-refractivity contribution is 7.17. The zero-order valence-corrected chi connectivity index (χ0v) is 19.7. The molecule has 1 aromatic carbocycles. The maximum Gasteiger partial charge on any atom is 0.341 e. The number of hydrogen-bond donors (Lipinski definition) is 1. The van der Waals surface area contributed by atoms with Crippen LogP contribution in [0.3, 0.4) is 0 Å². The number of esters is 1. The number of ether oxygens (including phenoxy) is 1. The number of hydrogen-bond acceptors (Lipinski definition) is 6. The lowest BCUT2D eigenvalue weighted by Gasteiger charge is -2.20. The van der Waals surface area contributed by atoms with E-state index in [-0.39, 0.29) is 12.2 Å². The van der Waals surface area contributed by atoms with Gasteiger partial charge in [-0.2, -0.15) is 5.26 Å². The Morgan fingerprint density at radius 1 is 1.16 bits per heavy atom. The number of thiophene rings is 1. The van der Waals surface area contributed by atoms with Gasteiger partial charge in [0.2, 0.25) is 0 Å². The zero-order valence-electron chi connectivity index (χ0n) is 18.9. The Balaban J connectivity index is 1.85. The first kappa shape index (κ1) is 23.6. The number of nitrogens with one attached hydrogen (secondary N) is 1. The summed E-state index contributed by atoms with van der Waals surface area (Å²) in [6.45, 7) is 8.04.